The summed E-state index contributed by atoms with van der Waals surface area (Å²) in [7, 11) is 3.48. The Labute approximate surface area is 125 Å². The van der Waals surface area contributed by atoms with Crippen LogP contribution < -0.4 is 10.6 Å². The van der Waals surface area contributed by atoms with E-state index in [0.29, 0.717) is 12.0 Å². The number of carbonyl (C=O) groups is 2. The molecule has 0 radical (unpaired) electrons. The van der Waals surface area contributed by atoms with E-state index < -0.39 is 12.1 Å². The Balaban J connectivity index is 0.000000295. The van der Waals surface area contributed by atoms with Gasteiger partial charge in [0, 0.05) is 39.1 Å². The first kappa shape index (κ1) is 18.5. The van der Waals surface area contributed by atoms with Gasteiger partial charge in [0.1, 0.15) is 0 Å². The molecule has 2 rings (SSSR count). The van der Waals surface area contributed by atoms with E-state index in [-0.39, 0.29) is 12.1 Å². The molecule has 0 aromatic heterocycles. The van der Waals surface area contributed by atoms with E-state index in [2.05, 4.69) is 10.6 Å². The highest BCUT2D eigenvalue weighted by Gasteiger charge is 2.44. The summed E-state index contributed by atoms with van der Waals surface area (Å²) in [5.74, 6) is -2.76. The van der Waals surface area contributed by atoms with Gasteiger partial charge in [0.2, 0.25) is 0 Å². The Bertz CT molecular complexity index is 411. The van der Waals surface area contributed by atoms with Crippen molar-refractivity contribution in [2.45, 2.75) is 18.7 Å². The van der Waals surface area contributed by atoms with Crippen LogP contribution in [0.2, 0.25) is 0 Å². The fourth-order valence-electron chi connectivity index (χ4n) is 2.11. The SMILES string of the molecule is CN(C)C(=O)NCC1CC2(CNC2)CO1.O=C(O)C(F)(F)F. The number of carboxylic acids is 1. The van der Waals surface area contributed by atoms with Crippen molar-refractivity contribution in [3.8, 4) is 0 Å². The molecular formula is C12H20F3N3O4. The number of hydrogen-bond donors (Lipinski definition) is 3. The maximum atomic E-state index is 11.3. The zero-order chi connectivity index (χ0) is 17.0. The number of nitrogens with zero attached hydrogens (tertiary/aromatic N) is 1. The number of carboxylic acid groups (broad SMARTS) is 1. The van der Waals surface area contributed by atoms with Crippen LogP contribution in [0.1, 0.15) is 6.42 Å². The lowest BCUT2D eigenvalue weighted by molar-refractivity contribution is -0.192. The van der Waals surface area contributed by atoms with Crippen molar-refractivity contribution in [2.24, 2.45) is 5.41 Å². The summed E-state index contributed by atoms with van der Waals surface area (Å²) in [6.45, 7) is 3.58. The third-order valence-electron chi connectivity index (χ3n) is 3.42. The summed E-state index contributed by atoms with van der Waals surface area (Å²) in [4.78, 5) is 21.7. The minimum absolute atomic E-state index is 0.0497. The molecule has 0 saturated carbocycles. The Morgan fingerprint density at radius 3 is 2.27 bits per heavy atom. The fraction of sp³-hybridized carbons (Fsp3) is 0.833. The van der Waals surface area contributed by atoms with Crippen LogP contribution in [-0.2, 0) is 9.53 Å². The Kier molecular flexibility index (Phi) is 6.00. The molecule has 1 unspecified atom stereocenters. The smallest absolute Gasteiger partial charge is 0.475 e. The summed E-state index contributed by atoms with van der Waals surface area (Å²) in [5, 5.41) is 13.2. The predicted molar refractivity (Wildman–Crippen MR) is 70.4 cm³/mol. The van der Waals surface area contributed by atoms with Crippen LogP contribution in [0, 0.1) is 5.41 Å². The number of carbonyl (C=O) groups excluding carboxylic acids is 1. The van der Waals surface area contributed by atoms with Gasteiger partial charge in [-0.3, -0.25) is 0 Å². The predicted octanol–water partition coefficient (Wildman–Crippen LogP) is 0.269. The van der Waals surface area contributed by atoms with Gasteiger partial charge >= 0.3 is 18.2 Å². The number of nitrogens with one attached hydrogen (secondary N) is 2. The number of aliphatic carboxylic acids is 1. The number of urea groups is 1. The molecule has 128 valence electrons. The Morgan fingerprint density at radius 1 is 1.41 bits per heavy atom. The second-order valence-electron chi connectivity index (χ2n) is 5.62. The molecule has 2 saturated heterocycles. The van der Waals surface area contributed by atoms with Crippen molar-refractivity contribution in [3.05, 3.63) is 0 Å². The van der Waals surface area contributed by atoms with Gasteiger partial charge in [-0.15, -0.1) is 0 Å². The Morgan fingerprint density at radius 2 is 1.95 bits per heavy atom. The molecule has 22 heavy (non-hydrogen) atoms. The van der Waals surface area contributed by atoms with Crippen LogP contribution in [0.5, 0.6) is 0 Å². The first-order valence-electron chi connectivity index (χ1n) is 6.63. The van der Waals surface area contributed by atoms with E-state index in [1.54, 1.807) is 14.1 Å². The molecule has 0 aromatic rings. The molecular weight excluding hydrogens is 307 g/mol. The first-order chi connectivity index (χ1) is 10.1. The molecule has 1 atom stereocenters. The maximum absolute atomic E-state index is 11.3. The second-order valence-corrected chi connectivity index (χ2v) is 5.62. The molecule has 2 fully saturated rings. The van der Waals surface area contributed by atoms with Crippen LogP contribution in [0.25, 0.3) is 0 Å². The maximum Gasteiger partial charge on any atom is 0.490 e. The molecule has 0 aromatic carbocycles. The van der Waals surface area contributed by atoms with Crippen molar-refractivity contribution >= 4 is 12.0 Å². The van der Waals surface area contributed by atoms with Gasteiger partial charge in [-0.1, -0.05) is 0 Å². The summed E-state index contributed by atoms with van der Waals surface area (Å²) < 4.78 is 37.4. The summed E-state index contributed by atoms with van der Waals surface area (Å²) >= 11 is 0. The standard InChI is InChI=1S/C10H19N3O2.C2HF3O2/c1-13(2)9(14)12-4-8-3-10(7-15-8)5-11-6-10;3-2(4,5)1(6)7/h8,11H,3-7H2,1-2H3,(H,12,14);(H,6,7). The van der Waals surface area contributed by atoms with Crippen molar-refractivity contribution in [1.29, 1.82) is 0 Å². The normalized spacial score (nSPS) is 22.3. The van der Waals surface area contributed by atoms with Crippen LogP contribution in [0.3, 0.4) is 0 Å². The van der Waals surface area contributed by atoms with Gasteiger partial charge in [0.15, 0.2) is 0 Å². The fourth-order valence-corrected chi connectivity index (χ4v) is 2.11. The number of hydrogen-bond acceptors (Lipinski definition) is 4. The number of ether oxygens (including phenoxy) is 1. The van der Waals surface area contributed by atoms with Gasteiger partial charge in [-0.25, -0.2) is 9.59 Å². The third kappa shape index (κ3) is 5.34. The van der Waals surface area contributed by atoms with E-state index in [4.69, 9.17) is 14.6 Å². The number of halogens is 3. The van der Waals surface area contributed by atoms with Crippen LogP contribution in [0.15, 0.2) is 0 Å². The van der Waals surface area contributed by atoms with Gasteiger partial charge in [0.05, 0.1) is 12.7 Å². The lowest BCUT2D eigenvalue weighted by Crippen LogP contribution is -2.54. The molecule has 2 heterocycles. The average Bonchev–Trinajstić information content (AvgIpc) is 2.79. The van der Waals surface area contributed by atoms with E-state index >= 15 is 0 Å². The van der Waals surface area contributed by atoms with Crippen LogP contribution in [0.4, 0.5) is 18.0 Å². The van der Waals surface area contributed by atoms with Crippen LogP contribution >= 0.6 is 0 Å². The zero-order valence-electron chi connectivity index (χ0n) is 12.4. The molecule has 10 heteroatoms. The lowest BCUT2D eigenvalue weighted by Gasteiger charge is -2.37. The van der Waals surface area contributed by atoms with Gasteiger partial charge < -0.3 is 25.4 Å². The summed E-state index contributed by atoms with van der Waals surface area (Å²) in [5.41, 5.74) is 0.369. The van der Waals surface area contributed by atoms with Crippen molar-refractivity contribution < 1.29 is 32.6 Å². The van der Waals surface area contributed by atoms with E-state index in [9.17, 15) is 18.0 Å². The minimum atomic E-state index is -5.08. The van der Waals surface area contributed by atoms with Crippen LogP contribution in [-0.4, -0.2) is 74.6 Å². The molecule has 3 N–H and O–H groups in total. The lowest BCUT2D eigenvalue weighted by atomic mass is 9.80. The monoisotopic (exact) mass is 327 g/mol. The molecule has 2 aliphatic rings. The number of rotatable bonds is 2. The minimum Gasteiger partial charge on any atom is -0.475 e. The molecule has 0 bridgehead atoms. The van der Waals surface area contributed by atoms with E-state index in [0.717, 1.165) is 26.1 Å². The number of amides is 2. The quantitative estimate of drug-likeness (QED) is 0.677. The molecule has 2 amide bonds. The number of alkyl halides is 3. The van der Waals surface area contributed by atoms with Gasteiger partial charge in [-0.05, 0) is 6.42 Å². The molecule has 0 aliphatic carbocycles. The highest BCUT2D eigenvalue weighted by molar-refractivity contribution is 5.73. The van der Waals surface area contributed by atoms with Gasteiger partial charge in [-0.2, -0.15) is 13.2 Å². The summed E-state index contributed by atoms with van der Waals surface area (Å²) in [6, 6.07) is -0.0497. The average molecular weight is 327 g/mol. The van der Waals surface area contributed by atoms with Crippen molar-refractivity contribution in [3.63, 3.8) is 0 Å². The highest BCUT2D eigenvalue weighted by atomic mass is 19.4. The molecule has 2 aliphatic heterocycles. The molecule has 7 nitrogen and oxygen atoms in total. The first-order valence-corrected chi connectivity index (χ1v) is 6.63. The van der Waals surface area contributed by atoms with Crippen molar-refractivity contribution in [1.82, 2.24) is 15.5 Å². The summed E-state index contributed by atoms with van der Waals surface area (Å²) in [6.07, 6.45) is -3.83. The zero-order valence-corrected chi connectivity index (χ0v) is 12.4. The van der Waals surface area contributed by atoms with Crippen molar-refractivity contribution in [2.75, 3.05) is 40.3 Å². The third-order valence-corrected chi connectivity index (χ3v) is 3.42. The second kappa shape index (κ2) is 7.14. The topological polar surface area (TPSA) is 90.9 Å². The largest absolute Gasteiger partial charge is 0.490 e. The van der Waals surface area contributed by atoms with Gasteiger partial charge in [0.25, 0.3) is 0 Å². The Hall–Kier alpha value is -1.55. The molecule has 1 spiro atoms. The van der Waals surface area contributed by atoms with E-state index in [1.807, 2.05) is 0 Å². The van der Waals surface area contributed by atoms with E-state index in [1.165, 1.54) is 4.90 Å². The highest BCUT2D eigenvalue weighted by Crippen LogP contribution is 2.35.